The molecule has 2 rings (SSSR count). The Morgan fingerprint density at radius 1 is 1.27 bits per heavy atom. The standard InChI is InChI=1S/C16H22N3O3/c1-15(2)9-11(16(3,4)19(15)21)14(20)18-10-6-7-13(22-5)12(17)8-10/h6-9H,17H2,1-5H3,(H,18,20). The van der Waals surface area contributed by atoms with Gasteiger partial charge < -0.3 is 15.8 Å². The number of nitrogens with two attached hydrogens (primary N) is 1. The van der Waals surface area contributed by atoms with Crippen LogP contribution in [0.4, 0.5) is 11.4 Å². The zero-order valence-corrected chi connectivity index (χ0v) is 13.6. The number of methoxy groups -OCH3 is 1. The highest BCUT2D eigenvalue weighted by molar-refractivity contribution is 6.06. The summed E-state index contributed by atoms with van der Waals surface area (Å²) in [6.07, 6.45) is 1.71. The van der Waals surface area contributed by atoms with Crippen molar-refractivity contribution in [2.75, 3.05) is 18.2 Å². The molecule has 1 amide bonds. The highest BCUT2D eigenvalue weighted by atomic mass is 16.5. The summed E-state index contributed by atoms with van der Waals surface area (Å²) in [5, 5.41) is 16.0. The van der Waals surface area contributed by atoms with E-state index in [0.717, 1.165) is 5.06 Å². The van der Waals surface area contributed by atoms with Crippen molar-refractivity contribution >= 4 is 17.3 Å². The van der Waals surface area contributed by atoms with E-state index in [1.165, 1.54) is 7.11 Å². The van der Waals surface area contributed by atoms with Crippen molar-refractivity contribution < 1.29 is 14.7 Å². The molecule has 0 spiro atoms. The number of amides is 1. The van der Waals surface area contributed by atoms with Gasteiger partial charge in [0, 0.05) is 11.3 Å². The second-order valence-corrected chi connectivity index (χ2v) is 6.48. The van der Waals surface area contributed by atoms with Crippen LogP contribution in [0.1, 0.15) is 27.7 Å². The molecular weight excluding hydrogens is 282 g/mol. The normalized spacial score (nSPS) is 19.6. The van der Waals surface area contributed by atoms with Crippen LogP contribution in [0.5, 0.6) is 5.75 Å². The van der Waals surface area contributed by atoms with Gasteiger partial charge in [0.1, 0.15) is 5.75 Å². The first-order chi connectivity index (χ1) is 10.1. The number of nitrogens with zero attached hydrogens (tertiary/aromatic N) is 1. The summed E-state index contributed by atoms with van der Waals surface area (Å²) in [5.41, 5.74) is 5.67. The van der Waals surface area contributed by atoms with Crippen LogP contribution in [0.2, 0.25) is 0 Å². The van der Waals surface area contributed by atoms with E-state index >= 15 is 0 Å². The van der Waals surface area contributed by atoms with Gasteiger partial charge in [-0.15, -0.1) is 10.3 Å². The van der Waals surface area contributed by atoms with Gasteiger partial charge >= 0.3 is 0 Å². The quantitative estimate of drug-likeness (QED) is 0.839. The molecule has 22 heavy (non-hydrogen) atoms. The fraction of sp³-hybridized carbons (Fsp3) is 0.438. The Bertz CT molecular complexity index is 636. The Kier molecular flexibility index (Phi) is 3.93. The van der Waals surface area contributed by atoms with E-state index < -0.39 is 11.1 Å². The first kappa shape index (κ1) is 16.3. The summed E-state index contributed by atoms with van der Waals surface area (Å²) in [5.74, 6) is 0.242. The number of carbonyl (C=O) groups is 1. The monoisotopic (exact) mass is 304 g/mol. The van der Waals surface area contributed by atoms with Crippen LogP contribution < -0.4 is 15.8 Å². The number of hydroxylamine groups is 2. The van der Waals surface area contributed by atoms with E-state index in [4.69, 9.17) is 10.5 Å². The highest BCUT2D eigenvalue weighted by Gasteiger charge is 2.48. The van der Waals surface area contributed by atoms with Gasteiger partial charge in [-0.05, 0) is 45.9 Å². The molecule has 0 saturated heterocycles. The second-order valence-electron chi connectivity index (χ2n) is 6.48. The molecule has 6 nitrogen and oxygen atoms in total. The van der Waals surface area contributed by atoms with Gasteiger partial charge in [-0.2, -0.15) is 0 Å². The van der Waals surface area contributed by atoms with Gasteiger partial charge in [0.15, 0.2) is 0 Å². The smallest absolute Gasteiger partial charge is 0.253 e. The predicted octanol–water partition coefficient (Wildman–Crippen LogP) is 2.36. The number of hydrogen-bond donors (Lipinski definition) is 2. The molecule has 119 valence electrons. The summed E-state index contributed by atoms with van der Waals surface area (Å²) in [4.78, 5) is 12.5. The van der Waals surface area contributed by atoms with Crippen molar-refractivity contribution in [3.05, 3.63) is 29.8 Å². The maximum atomic E-state index is 12.5. The molecule has 1 aliphatic rings. The Labute approximate surface area is 130 Å². The van der Waals surface area contributed by atoms with Crippen LogP contribution in [-0.4, -0.2) is 29.2 Å². The fourth-order valence-corrected chi connectivity index (χ4v) is 2.77. The Hall–Kier alpha value is -2.05. The number of nitrogen functional groups attached to an aromatic ring is 1. The lowest BCUT2D eigenvalue weighted by Gasteiger charge is -2.33. The van der Waals surface area contributed by atoms with E-state index in [-0.39, 0.29) is 5.91 Å². The van der Waals surface area contributed by atoms with Crippen LogP contribution in [0.25, 0.3) is 0 Å². The third-order valence-corrected chi connectivity index (χ3v) is 3.92. The summed E-state index contributed by atoms with van der Waals surface area (Å²) in [6, 6.07) is 5.01. The van der Waals surface area contributed by atoms with Crippen molar-refractivity contribution in [1.82, 2.24) is 5.06 Å². The number of ether oxygens (including phenoxy) is 1. The summed E-state index contributed by atoms with van der Waals surface area (Å²) in [6.45, 7) is 7.05. The molecule has 0 atom stereocenters. The van der Waals surface area contributed by atoms with Crippen LogP contribution in [0.15, 0.2) is 29.8 Å². The molecule has 1 radical (unpaired) electrons. The highest BCUT2D eigenvalue weighted by Crippen LogP contribution is 2.39. The minimum atomic E-state index is -0.883. The number of benzene rings is 1. The lowest BCUT2D eigenvalue weighted by atomic mass is 9.96. The number of rotatable bonds is 3. The maximum absolute atomic E-state index is 12.5. The van der Waals surface area contributed by atoms with Crippen molar-refractivity contribution in [2.45, 2.75) is 38.8 Å². The SMILES string of the molecule is COc1ccc(NC(=O)C2=CC(C)(C)N([O])C2(C)C)cc1N. The van der Waals surface area contributed by atoms with Gasteiger partial charge in [-0.25, -0.2) is 0 Å². The summed E-state index contributed by atoms with van der Waals surface area (Å²) >= 11 is 0. The van der Waals surface area contributed by atoms with Crippen LogP contribution in [0.3, 0.4) is 0 Å². The van der Waals surface area contributed by atoms with Gasteiger partial charge in [0.25, 0.3) is 5.91 Å². The molecule has 0 fully saturated rings. The first-order valence-electron chi connectivity index (χ1n) is 7.05. The second kappa shape index (κ2) is 5.30. The van der Waals surface area contributed by atoms with Gasteiger partial charge in [0.05, 0.1) is 23.9 Å². The predicted molar refractivity (Wildman–Crippen MR) is 84.8 cm³/mol. The van der Waals surface area contributed by atoms with Crippen LogP contribution in [0, 0.1) is 0 Å². The van der Waals surface area contributed by atoms with Gasteiger partial charge in [-0.3, -0.25) is 4.79 Å². The molecule has 3 N–H and O–H groups in total. The molecule has 1 heterocycles. The zero-order valence-electron chi connectivity index (χ0n) is 13.6. The van der Waals surface area contributed by atoms with E-state index in [1.807, 2.05) is 0 Å². The molecule has 0 bridgehead atoms. The third kappa shape index (κ3) is 2.67. The maximum Gasteiger partial charge on any atom is 0.253 e. The van der Waals surface area contributed by atoms with Crippen LogP contribution in [-0.2, 0) is 10.0 Å². The molecule has 0 aliphatic carbocycles. The molecule has 1 aromatic carbocycles. The summed E-state index contributed by atoms with van der Waals surface area (Å²) < 4.78 is 5.08. The van der Waals surface area contributed by atoms with E-state index in [0.29, 0.717) is 22.7 Å². The minimum absolute atomic E-state index is 0.305. The molecule has 6 heteroatoms. The van der Waals surface area contributed by atoms with Crippen LogP contribution >= 0.6 is 0 Å². The molecule has 0 unspecified atom stereocenters. The topological polar surface area (TPSA) is 87.5 Å². The van der Waals surface area contributed by atoms with E-state index in [9.17, 15) is 10.0 Å². The number of carbonyl (C=O) groups excluding carboxylic acids is 1. The zero-order chi connectivity index (χ0) is 16.7. The summed E-state index contributed by atoms with van der Waals surface area (Å²) in [7, 11) is 1.53. The lowest BCUT2D eigenvalue weighted by Crippen LogP contribution is -2.48. The molecule has 0 aromatic heterocycles. The van der Waals surface area contributed by atoms with Gasteiger partial charge in [0.2, 0.25) is 0 Å². The Morgan fingerprint density at radius 3 is 2.36 bits per heavy atom. The van der Waals surface area contributed by atoms with Crippen molar-refractivity contribution in [1.29, 1.82) is 0 Å². The average Bonchev–Trinajstić information content (AvgIpc) is 2.59. The molecule has 1 aromatic rings. The largest absolute Gasteiger partial charge is 0.495 e. The van der Waals surface area contributed by atoms with Crippen molar-refractivity contribution in [3.63, 3.8) is 0 Å². The minimum Gasteiger partial charge on any atom is -0.495 e. The van der Waals surface area contributed by atoms with Crippen molar-refractivity contribution in [2.24, 2.45) is 0 Å². The molecule has 1 aliphatic heterocycles. The van der Waals surface area contributed by atoms with E-state index in [2.05, 4.69) is 5.32 Å². The average molecular weight is 304 g/mol. The molecule has 0 saturated carbocycles. The first-order valence-corrected chi connectivity index (χ1v) is 7.05. The molecular formula is C16H22N3O3. The lowest BCUT2D eigenvalue weighted by molar-refractivity contribution is -0.238. The third-order valence-electron chi connectivity index (χ3n) is 3.92. The number of anilines is 2. The van der Waals surface area contributed by atoms with E-state index in [1.54, 1.807) is 52.0 Å². The fourth-order valence-electron chi connectivity index (χ4n) is 2.77. The Morgan fingerprint density at radius 2 is 1.91 bits per heavy atom. The number of nitrogens with one attached hydrogen (secondary N) is 1. The van der Waals surface area contributed by atoms with Gasteiger partial charge in [-0.1, -0.05) is 6.08 Å². The van der Waals surface area contributed by atoms with Crippen molar-refractivity contribution in [3.8, 4) is 5.75 Å². The number of hydrogen-bond acceptors (Lipinski definition) is 4. The Balaban J connectivity index is 2.25.